The summed E-state index contributed by atoms with van der Waals surface area (Å²) in [6.07, 6.45) is 3.59. The lowest BCUT2D eigenvalue weighted by atomic mass is 9.94. The van der Waals surface area contributed by atoms with Gasteiger partial charge >= 0.3 is 0 Å². The Labute approximate surface area is 126 Å². The molecule has 1 fully saturated rings. The highest BCUT2D eigenvalue weighted by atomic mass is 35.5. The molecule has 110 valence electrons. The van der Waals surface area contributed by atoms with Gasteiger partial charge in [-0.1, -0.05) is 11.6 Å². The molecule has 0 aliphatic carbocycles. The maximum atomic E-state index is 13.9. The number of hydrogen-bond donors (Lipinski definition) is 1. The van der Waals surface area contributed by atoms with E-state index in [1.54, 1.807) is 11.1 Å². The zero-order valence-electron chi connectivity index (χ0n) is 11.4. The fourth-order valence-corrected chi connectivity index (χ4v) is 2.90. The van der Waals surface area contributed by atoms with E-state index in [1.807, 2.05) is 6.07 Å². The number of likely N-dealkylation sites (tertiary alicyclic amines) is 1. The maximum Gasteiger partial charge on any atom is 0.256 e. The second kappa shape index (κ2) is 5.85. The van der Waals surface area contributed by atoms with Crippen LogP contribution < -0.4 is 0 Å². The van der Waals surface area contributed by atoms with Gasteiger partial charge in [0.15, 0.2) is 0 Å². The highest BCUT2D eigenvalue weighted by Crippen LogP contribution is 2.27. The van der Waals surface area contributed by atoms with Gasteiger partial charge in [-0.15, -0.1) is 0 Å². The molecule has 0 unspecified atom stereocenters. The van der Waals surface area contributed by atoms with Crippen molar-refractivity contribution >= 4 is 17.5 Å². The number of halogens is 2. The molecule has 1 aliphatic heterocycles. The van der Waals surface area contributed by atoms with Gasteiger partial charge in [0, 0.05) is 35.9 Å². The summed E-state index contributed by atoms with van der Waals surface area (Å²) in [7, 11) is 0. The largest absolute Gasteiger partial charge is 0.338 e. The number of piperidine rings is 1. The Morgan fingerprint density at radius 1 is 1.43 bits per heavy atom. The molecule has 21 heavy (non-hydrogen) atoms. The van der Waals surface area contributed by atoms with E-state index in [0.29, 0.717) is 13.1 Å². The van der Waals surface area contributed by atoms with Gasteiger partial charge in [0.1, 0.15) is 5.82 Å². The van der Waals surface area contributed by atoms with Crippen LogP contribution in [0, 0.1) is 5.82 Å². The van der Waals surface area contributed by atoms with E-state index in [0.717, 1.165) is 18.5 Å². The Balaban J connectivity index is 1.78. The van der Waals surface area contributed by atoms with Crippen LogP contribution in [0.1, 0.15) is 34.8 Å². The summed E-state index contributed by atoms with van der Waals surface area (Å²) < 4.78 is 13.9. The van der Waals surface area contributed by atoms with Crippen molar-refractivity contribution < 1.29 is 9.18 Å². The molecule has 0 saturated carbocycles. The zero-order chi connectivity index (χ0) is 14.8. The van der Waals surface area contributed by atoms with Crippen molar-refractivity contribution in [2.24, 2.45) is 0 Å². The quantitative estimate of drug-likeness (QED) is 0.926. The van der Waals surface area contributed by atoms with Crippen LogP contribution in [-0.4, -0.2) is 34.1 Å². The van der Waals surface area contributed by atoms with E-state index in [1.165, 1.54) is 18.2 Å². The van der Waals surface area contributed by atoms with Gasteiger partial charge in [-0.25, -0.2) is 4.39 Å². The number of carbonyl (C=O) groups excluding carboxylic acids is 1. The minimum atomic E-state index is -0.573. The second-order valence-electron chi connectivity index (χ2n) is 5.23. The van der Waals surface area contributed by atoms with Crippen LogP contribution in [0.3, 0.4) is 0 Å². The van der Waals surface area contributed by atoms with Crippen LogP contribution in [0.4, 0.5) is 4.39 Å². The summed E-state index contributed by atoms with van der Waals surface area (Å²) in [5.41, 5.74) is 1.09. The van der Waals surface area contributed by atoms with Crippen molar-refractivity contribution in [2.45, 2.75) is 18.8 Å². The summed E-state index contributed by atoms with van der Waals surface area (Å²) in [6, 6.07) is 6.07. The maximum absolute atomic E-state index is 13.9. The minimum Gasteiger partial charge on any atom is -0.338 e. The van der Waals surface area contributed by atoms with Crippen molar-refractivity contribution in [1.29, 1.82) is 0 Å². The molecular formula is C15H15ClFN3O. The number of nitrogens with one attached hydrogen (secondary N) is 1. The van der Waals surface area contributed by atoms with Crippen molar-refractivity contribution in [3.63, 3.8) is 0 Å². The third kappa shape index (κ3) is 2.93. The molecule has 1 saturated heterocycles. The first-order chi connectivity index (χ1) is 10.1. The third-order valence-corrected chi connectivity index (χ3v) is 4.07. The molecule has 0 bridgehead atoms. The number of nitrogens with zero attached hydrogens (tertiary/aromatic N) is 2. The Morgan fingerprint density at radius 2 is 2.29 bits per heavy atom. The van der Waals surface area contributed by atoms with Crippen molar-refractivity contribution in [3.05, 3.63) is 52.6 Å². The van der Waals surface area contributed by atoms with Gasteiger partial charge in [-0.2, -0.15) is 5.10 Å². The molecule has 1 aromatic heterocycles. The Kier molecular flexibility index (Phi) is 3.92. The van der Waals surface area contributed by atoms with E-state index in [9.17, 15) is 9.18 Å². The lowest BCUT2D eigenvalue weighted by molar-refractivity contribution is 0.0701. The number of aromatic nitrogens is 2. The number of H-pyrrole nitrogens is 1. The fraction of sp³-hybridized carbons (Fsp3) is 0.333. The average molecular weight is 308 g/mol. The Morgan fingerprint density at radius 3 is 3.00 bits per heavy atom. The fourth-order valence-electron chi connectivity index (χ4n) is 2.74. The highest BCUT2D eigenvalue weighted by molar-refractivity contribution is 6.30. The van der Waals surface area contributed by atoms with E-state index >= 15 is 0 Å². The molecule has 2 heterocycles. The van der Waals surface area contributed by atoms with Crippen LogP contribution >= 0.6 is 11.6 Å². The van der Waals surface area contributed by atoms with Crippen LogP contribution in [0.15, 0.2) is 30.5 Å². The van der Waals surface area contributed by atoms with Gasteiger partial charge in [0.05, 0.1) is 5.56 Å². The van der Waals surface area contributed by atoms with E-state index in [2.05, 4.69) is 10.2 Å². The number of amides is 1. The number of carbonyl (C=O) groups is 1. The average Bonchev–Trinajstić information content (AvgIpc) is 3.01. The number of hydrogen-bond acceptors (Lipinski definition) is 2. The molecule has 1 atom stereocenters. The smallest absolute Gasteiger partial charge is 0.256 e. The number of benzene rings is 1. The van der Waals surface area contributed by atoms with Crippen LogP contribution in [0.5, 0.6) is 0 Å². The van der Waals surface area contributed by atoms with Crippen LogP contribution in [-0.2, 0) is 0 Å². The first-order valence-corrected chi connectivity index (χ1v) is 7.26. The molecule has 1 N–H and O–H groups in total. The third-order valence-electron chi connectivity index (χ3n) is 3.83. The van der Waals surface area contributed by atoms with E-state index in [4.69, 9.17) is 11.6 Å². The van der Waals surface area contributed by atoms with Crippen LogP contribution in [0.25, 0.3) is 0 Å². The van der Waals surface area contributed by atoms with E-state index in [-0.39, 0.29) is 22.4 Å². The predicted octanol–water partition coefficient (Wildman–Crippen LogP) is 3.22. The topological polar surface area (TPSA) is 49.0 Å². The van der Waals surface area contributed by atoms with Gasteiger partial charge in [-0.3, -0.25) is 9.89 Å². The summed E-state index contributed by atoms with van der Waals surface area (Å²) in [6.45, 7) is 1.22. The van der Waals surface area contributed by atoms with Gasteiger partial charge in [0.25, 0.3) is 5.91 Å². The molecule has 3 rings (SSSR count). The Hall–Kier alpha value is -1.88. The number of rotatable bonds is 2. The molecule has 6 heteroatoms. The second-order valence-corrected chi connectivity index (χ2v) is 5.66. The SMILES string of the molecule is O=C(c1ccc(Cl)cc1F)N1CCC[C@@H](c2ccn[nH]2)C1. The van der Waals surface area contributed by atoms with Crippen molar-refractivity contribution in [2.75, 3.05) is 13.1 Å². The highest BCUT2D eigenvalue weighted by Gasteiger charge is 2.27. The van der Waals surface area contributed by atoms with Crippen molar-refractivity contribution in [1.82, 2.24) is 15.1 Å². The molecule has 1 aromatic carbocycles. The van der Waals surface area contributed by atoms with Gasteiger partial charge in [-0.05, 0) is 37.1 Å². The number of aromatic amines is 1. The van der Waals surface area contributed by atoms with Gasteiger partial charge < -0.3 is 4.90 Å². The molecule has 1 amide bonds. The molecule has 0 radical (unpaired) electrons. The predicted molar refractivity (Wildman–Crippen MR) is 77.9 cm³/mol. The summed E-state index contributed by atoms with van der Waals surface area (Å²) in [5, 5.41) is 7.18. The molecule has 1 aliphatic rings. The first kappa shape index (κ1) is 14.1. The minimum absolute atomic E-state index is 0.0738. The summed E-state index contributed by atoms with van der Waals surface area (Å²) in [4.78, 5) is 14.2. The molecule has 4 nitrogen and oxygen atoms in total. The van der Waals surface area contributed by atoms with Crippen LogP contribution in [0.2, 0.25) is 5.02 Å². The normalized spacial score (nSPS) is 18.8. The zero-order valence-corrected chi connectivity index (χ0v) is 12.1. The molecule has 2 aromatic rings. The lowest BCUT2D eigenvalue weighted by Crippen LogP contribution is -2.39. The molecule has 0 spiro atoms. The lowest BCUT2D eigenvalue weighted by Gasteiger charge is -2.32. The molecular weight excluding hydrogens is 293 g/mol. The van der Waals surface area contributed by atoms with E-state index < -0.39 is 5.82 Å². The summed E-state index contributed by atoms with van der Waals surface area (Å²) in [5.74, 6) is -0.634. The first-order valence-electron chi connectivity index (χ1n) is 6.89. The summed E-state index contributed by atoms with van der Waals surface area (Å²) >= 11 is 5.72. The van der Waals surface area contributed by atoms with Crippen molar-refractivity contribution in [3.8, 4) is 0 Å². The standard InChI is InChI=1S/C15H15ClFN3O/c16-11-3-4-12(13(17)8-11)15(21)20-7-1-2-10(9-20)14-5-6-18-19-14/h3-6,8,10H,1-2,7,9H2,(H,18,19)/t10-/m1/s1. The monoisotopic (exact) mass is 307 g/mol. The Bertz CT molecular complexity index is 644. The van der Waals surface area contributed by atoms with Gasteiger partial charge in [0.2, 0.25) is 0 Å².